The molecule has 1 amide bonds. The fourth-order valence-electron chi connectivity index (χ4n) is 1.43. The van der Waals surface area contributed by atoms with Gasteiger partial charge in [0, 0.05) is 0 Å². The summed E-state index contributed by atoms with van der Waals surface area (Å²) in [6.45, 7) is 3.57. The Hall–Kier alpha value is -1.68. The molecule has 1 atom stereocenters. The fraction of sp³-hybridized carbons (Fsp3) is 0.385. The van der Waals surface area contributed by atoms with E-state index in [0.29, 0.717) is 6.07 Å². The Bertz CT molecular complexity index is 550. The van der Waals surface area contributed by atoms with Gasteiger partial charge in [-0.15, -0.1) is 0 Å². The van der Waals surface area contributed by atoms with Gasteiger partial charge in [0.05, 0.1) is 22.1 Å². The highest BCUT2D eigenvalue weighted by atomic mass is 32.1. The summed E-state index contributed by atoms with van der Waals surface area (Å²) in [6.07, 6.45) is -4.53. The van der Waals surface area contributed by atoms with Crippen molar-refractivity contribution in [3.63, 3.8) is 0 Å². The van der Waals surface area contributed by atoms with E-state index in [-0.39, 0.29) is 17.2 Å². The summed E-state index contributed by atoms with van der Waals surface area (Å²) in [7, 11) is 0. The number of nitrogens with one attached hydrogen (secondary N) is 1. The molecule has 108 valence electrons. The smallest absolute Gasteiger partial charge is 0.324 e. The third kappa shape index (κ3) is 3.90. The fourth-order valence-corrected chi connectivity index (χ4v) is 1.50. The molecule has 3 nitrogen and oxygen atoms in total. The van der Waals surface area contributed by atoms with Gasteiger partial charge in [0.25, 0.3) is 0 Å². The van der Waals surface area contributed by atoms with Gasteiger partial charge in [-0.3, -0.25) is 4.79 Å². The number of thiol groups is 1. The lowest BCUT2D eigenvalue weighted by atomic mass is 10.1. The van der Waals surface area contributed by atoms with E-state index in [0.717, 1.165) is 12.1 Å². The Labute approximate surface area is 120 Å². The zero-order valence-corrected chi connectivity index (χ0v) is 11.7. The minimum atomic E-state index is -4.53. The van der Waals surface area contributed by atoms with Crippen LogP contribution in [-0.2, 0) is 11.0 Å². The van der Waals surface area contributed by atoms with Crippen LogP contribution >= 0.6 is 12.6 Å². The normalized spacial score (nSPS) is 12.9. The lowest BCUT2D eigenvalue weighted by Crippen LogP contribution is -2.28. The van der Waals surface area contributed by atoms with Gasteiger partial charge < -0.3 is 5.32 Å². The summed E-state index contributed by atoms with van der Waals surface area (Å²) in [4.78, 5) is 11.8. The van der Waals surface area contributed by atoms with E-state index in [4.69, 9.17) is 5.26 Å². The van der Waals surface area contributed by atoms with E-state index in [1.807, 2.05) is 0 Å². The van der Waals surface area contributed by atoms with Crippen molar-refractivity contribution in [2.45, 2.75) is 25.3 Å². The van der Waals surface area contributed by atoms with E-state index in [1.165, 1.54) is 0 Å². The van der Waals surface area contributed by atoms with Crippen LogP contribution in [-0.4, -0.2) is 11.2 Å². The van der Waals surface area contributed by atoms with E-state index >= 15 is 0 Å². The maximum absolute atomic E-state index is 12.5. The van der Waals surface area contributed by atoms with Crippen molar-refractivity contribution in [2.75, 3.05) is 5.32 Å². The molecular formula is C13H13F3N2OS. The molecule has 1 rings (SSSR count). The average Bonchev–Trinajstić information content (AvgIpc) is 2.36. The maximum Gasteiger partial charge on any atom is 0.416 e. The first-order valence-electron chi connectivity index (χ1n) is 5.77. The summed E-state index contributed by atoms with van der Waals surface area (Å²) >= 11 is 4.10. The van der Waals surface area contributed by atoms with Crippen LogP contribution in [0.2, 0.25) is 0 Å². The van der Waals surface area contributed by atoms with E-state index in [9.17, 15) is 18.0 Å². The largest absolute Gasteiger partial charge is 0.416 e. The Morgan fingerprint density at radius 1 is 1.40 bits per heavy atom. The van der Waals surface area contributed by atoms with Crippen molar-refractivity contribution in [1.82, 2.24) is 0 Å². The molecule has 0 saturated carbocycles. The molecule has 1 N–H and O–H groups in total. The number of hydrogen-bond acceptors (Lipinski definition) is 3. The van der Waals surface area contributed by atoms with Crippen LogP contribution in [0.15, 0.2) is 18.2 Å². The molecule has 1 aromatic carbocycles. The Balaban J connectivity index is 3.04. The van der Waals surface area contributed by atoms with E-state index < -0.39 is 22.9 Å². The number of rotatable bonds is 3. The third-order valence-corrected chi connectivity index (χ3v) is 3.46. The topological polar surface area (TPSA) is 52.9 Å². The van der Waals surface area contributed by atoms with Gasteiger partial charge in [-0.25, -0.2) is 0 Å². The molecule has 0 aromatic heterocycles. The SMILES string of the molecule is CC(C)C(S)C(=O)Nc1ccc(C(F)(F)F)cc1C#N. The molecule has 0 aliphatic rings. The molecule has 0 aliphatic heterocycles. The second kappa shape index (κ2) is 6.18. The quantitative estimate of drug-likeness (QED) is 0.840. The molecule has 1 unspecified atom stereocenters. The van der Waals surface area contributed by atoms with Gasteiger partial charge in [0.2, 0.25) is 5.91 Å². The van der Waals surface area contributed by atoms with Gasteiger partial charge in [-0.1, -0.05) is 13.8 Å². The number of hydrogen-bond donors (Lipinski definition) is 2. The van der Waals surface area contributed by atoms with Crippen LogP contribution in [0.25, 0.3) is 0 Å². The molecular weight excluding hydrogens is 289 g/mol. The average molecular weight is 302 g/mol. The Kier molecular flexibility index (Phi) is 5.06. The van der Waals surface area contributed by atoms with Crippen LogP contribution in [0.4, 0.5) is 18.9 Å². The number of nitriles is 1. The first-order chi connectivity index (χ1) is 9.16. The zero-order chi connectivity index (χ0) is 15.5. The summed E-state index contributed by atoms with van der Waals surface area (Å²) in [5.41, 5.74) is -1.12. The van der Waals surface area contributed by atoms with Gasteiger partial charge in [0.1, 0.15) is 6.07 Å². The lowest BCUT2D eigenvalue weighted by molar-refractivity contribution is -0.137. The minimum Gasteiger partial charge on any atom is -0.324 e. The predicted molar refractivity (Wildman–Crippen MR) is 72.4 cm³/mol. The molecule has 7 heteroatoms. The van der Waals surface area contributed by atoms with Crippen LogP contribution in [0.5, 0.6) is 0 Å². The monoisotopic (exact) mass is 302 g/mol. The number of alkyl halides is 3. The second-order valence-corrected chi connectivity index (χ2v) is 5.10. The molecule has 0 bridgehead atoms. The molecule has 0 radical (unpaired) electrons. The summed E-state index contributed by atoms with van der Waals surface area (Å²) in [5, 5.41) is 10.7. The molecule has 20 heavy (non-hydrogen) atoms. The number of amides is 1. The minimum absolute atomic E-state index is 0.0432. The van der Waals surface area contributed by atoms with Gasteiger partial charge in [-0.2, -0.15) is 31.1 Å². The maximum atomic E-state index is 12.5. The summed E-state index contributed by atoms with van der Waals surface area (Å²) in [5.74, 6) is -0.502. The van der Waals surface area contributed by atoms with Gasteiger partial charge >= 0.3 is 6.18 Å². The zero-order valence-electron chi connectivity index (χ0n) is 10.8. The predicted octanol–water partition coefficient (Wildman–Crippen LogP) is 3.47. The summed E-state index contributed by atoms with van der Waals surface area (Å²) in [6, 6.07) is 4.24. The highest BCUT2D eigenvalue weighted by Gasteiger charge is 2.31. The van der Waals surface area contributed by atoms with Crippen molar-refractivity contribution >= 4 is 24.2 Å². The number of carbonyl (C=O) groups is 1. The standard InChI is InChI=1S/C13H13F3N2OS/c1-7(2)11(20)12(19)18-10-4-3-9(13(14,15)16)5-8(10)6-17/h3-5,7,11,20H,1-2H3,(H,18,19). The highest BCUT2D eigenvalue weighted by molar-refractivity contribution is 7.81. The lowest BCUT2D eigenvalue weighted by Gasteiger charge is -2.16. The number of halogens is 3. The Morgan fingerprint density at radius 3 is 2.45 bits per heavy atom. The van der Waals surface area contributed by atoms with Gasteiger partial charge in [0.15, 0.2) is 0 Å². The second-order valence-electron chi connectivity index (χ2n) is 4.55. The molecule has 0 aliphatic carbocycles. The molecule has 0 spiro atoms. The van der Waals surface area contributed by atoms with Gasteiger partial charge in [-0.05, 0) is 24.1 Å². The molecule has 0 fully saturated rings. The van der Waals surface area contributed by atoms with Crippen molar-refractivity contribution in [1.29, 1.82) is 5.26 Å². The molecule has 1 aromatic rings. The molecule has 0 saturated heterocycles. The number of anilines is 1. The highest BCUT2D eigenvalue weighted by Crippen LogP contribution is 2.31. The van der Waals surface area contributed by atoms with Crippen molar-refractivity contribution < 1.29 is 18.0 Å². The first kappa shape index (κ1) is 16.4. The number of nitrogens with zero attached hydrogens (tertiary/aromatic N) is 1. The number of benzene rings is 1. The van der Waals surface area contributed by atoms with Crippen molar-refractivity contribution in [3.8, 4) is 6.07 Å². The van der Waals surface area contributed by atoms with Crippen molar-refractivity contribution in [3.05, 3.63) is 29.3 Å². The van der Waals surface area contributed by atoms with Crippen LogP contribution in [0.1, 0.15) is 25.0 Å². The molecule has 0 heterocycles. The summed E-state index contributed by atoms with van der Waals surface area (Å²) < 4.78 is 37.6. The first-order valence-corrected chi connectivity index (χ1v) is 6.28. The van der Waals surface area contributed by atoms with Crippen LogP contribution in [0.3, 0.4) is 0 Å². The van der Waals surface area contributed by atoms with Crippen LogP contribution in [0, 0.1) is 17.2 Å². The Morgan fingerprint density at radius 2 is 2.00 bits per heavy atom. The van der Waals surface area contributed by atoms with E-state index in [1.54, 1.807) is 19.9 Å². The van der Waals surface area contributed by atoms with Crippen molar-refractivity contribution in [2.24, 2.45) is 5.92 Å². The number of carbonyl (C=O) groups excluding carboxylic acids is 1. The third-order valence-electron chi connectivity index (χ3n) is 2.63. The van der Waals surface area contributed by atoms with Crippen LogP contribution < -0.4 is 5.32 Å². The van der Waals surface area contributed by atoms with E-state index in [2.05, 4.69) is 17.9 Å².